The van der Waals surface area contributed by atoms with E-state index in [1.807, 2.05) is 42.2 Å². The zero-order valence-corrected chi connectivity index (χ0v) is 14.2. The second-order valence-electron chi connectivity index (χ2n) is 7.35. The predicted octanol–water partition coefficient (Wildman–Crippen LogP) is 2.79. The number of piperidine rings is 1. The molecule has 1 aliphatic carbocycles. The SMILES string of the molecule is Cn1ccc(C(=O)N[C@@H]2CCC23CCN(Cc2ccco2)CC3)c1. The van der Waals surface area contributed by atoms with Gasteiger partial charge in [0.15, 0.2) is 0 Å². The molecule has 24 heavy (non-hydrogen) atoms. The molecule has 1 saturated heterocycles. The molecule has 1 aliphatic heterocycles. The zero-order valence-electron chi connectivity index (χ0n) is 14.2. The first kappa shape index (κ1) is 15.5. The van der Waals surface area contributed by atoms with Crippen molar-refractivity contribution in [1.82, 2.24) is 14.8 Å². The van der Waals surface area contributed by atoms with E-state index in [-0.39, 0.29) is 5.91 Å². The Kier molecular flexibility index (Phi) is 3.96. The number of hydrogen-bond donors (Lipinski definition) is 1. The summed E-state index contributed by atoms with van der Waals surface area (Å²) in [6.07, 6.45) is 10.2. The van der Waals surface area contributed by atoms with Crippen LogP contribution >= 0.6 is 0 Å². The first-order valence-electron chi connectivity index (χ1n) is 8.82. The molecule has 4 rings (SSSR count). The van der Waals surface area contributed by atoms with Gasteiger partial charge in [-0.3, -0.25) is 9.69 Å². The molecule has 3 heterocycles. The van der Waals surface area contributed by atoms with Crippen LogP contribution in [0.25, 0.3) is 0 Å². The van der Waals surface area contributed by atoms with Crippen LogP contribution in [0.5, 0.6) is 0 Å². The number of aryl methyl sites for hydroxylation is 1. The van der Waals surface area contributed by atoms with E-state index >= 15 is 0 Å². The van der Waals surface area contributed by atoms with Gasteiger partial charge in [-0.15, -0.1) is 0 Å². The molecule has 0 unspecified atom stereocenters. The van der Waals surface area contributed by atoms with Crippen molar-refractivity contribution in [2.24, 2.45) is 12.5 Å². The first-order valence-corrected chi connectivity index (χ1v) is 8.82. The molecule has 2 aromatic rings. The number of likely N-dealkylation sites (tertiary alicyclic amines) is 1. The maximum absolute atomic E-state index is 12.4. The van der Waals surface area contributed by atoms with Crippen LogP contribution < -0.4 is 5.32 Å². The Bertz CT molecular complexity index is 696. The summed E-state index contributed by atoms with van der Waals surface area (Å²) in [6.45, 7) is 3.06. The second kappa shape index (κ2) is 6.13. The third-order valence-electron chi connectivity index (χ3n) is 5.88. The third kappa shape index (κ3) is 2.88. The molecule has 128 valence electrons. The van der Waals surface area contributed by atoms with Crippen molar-refractivity contribution in [1.29, 1.82) is 0 Å². The van der Waals surface area contributed by atoms with E-state index in [1.54, 1.807) is 6.26 Å². The molecule has 5 heteroatoms. The zero-order chi connectivity index (χ0) is 16.6. The van der Waals surface area contributed by atoms with E-state index < -0.39 is 0 Å². The highest BCUT2D eigenvalue weighted by molar-refractivity contribution is 5.94. The van der Waals surface area contributed by atoms with Crippen molar-refractivity contribution in [3.63, 3.8) is 0 Å². The molecule has 1 saturated carbocycles. The minimum absolute atomic E-state index is 0.0673. The van der Waals surface area contributed by atoms with Gasteiger partial charge in [0, 0.05) is 25.5 Å². The molecule has 2 aromatic heterocycles. The predicted molar refractivity (Wildman–Crippen MR) is 91.6 cm³/mol. The van der Waals surface area contributed by atoms with Gasteiger partial charge in [-0.05, 0) is 62.4 Å². The van der Waals surface area contributed by atoms with Crippen molar-refractivity contribution in [2.75, 3.05) is 13.1 Å². The lowest BCUT2D eigenvalue weighted by molar-refractivity contribution is -0.00848. The third-order valence-corrected chi connectivity index (χ3v) is 5.88. The normalized spacial score (nSPS) is 23.1. The number of rotatable bonds is 4. The number of carbonyl (C=O) groups excluding carboxylic acids is 1. The van der Waals surface area contributed by atoms with Gasteiger partial charge in [0.1, 0.15) is 5.76 Å². The largest absolute Gasteiger partial charge is 0.468 e. The van der Waals surface area contributed by atoms with E-state index in [4.69, 9.17) is 4.42 Å². The summed E-state index contributed by atoms with van der Waals surface area (Å²) in [7, 11) is 1.94. The molecule has 1 amide bonds. The summed E-state index contributed by atoms with van der Waals surface area (Å²) >= 11 is 0. The quantitative estimate of drug-likeness (QED) is 0.939. The number of furan rings is 1. The van der Waals surface area contributed by atoms with Crippen LogP contribution in [0.1, 0.15) is 41.8 Å². The molecule has 1 N–H and O–H groups in total. The number of nitrogens with one attached hydrogen (secondary N) is 1. The highest BCUT2D eigenvalue weighted by Crippen LogP contribution is 2.49. The van der Waals surface area contributed by atoms with E-state index in [0.29, 0.717) is 11.5 Å². The molecule has 2 fully saturated rings. The molecule has 5 nitrogen and oxygen atoms in total. The average molecular weight is 327 g/mol. The molecule has 0 bridgehead atoms. The molecule has 1 spiro atoms. The Balaban J connectivity index is 1.32. The fourth-order valence-corrected chi connectivity index (χ4v) is 4.18. The summed E-state index contributed by atoms with van der Waals surface area (Å²) < 4.78 is 7.37. The van der Waals surface area contributed by atoms with E-state index in [9.17, 15) is 4.79 Å². The summed E-state index contributed by atoms with van der Waals surface area (Å²) in [5.74, 6) is 1.10. The van der Waals surface area contributed by atoms with Gasteiger partial charge in [-0.2, -0.15) is 0 Å². The van der Waals surface area contributed by atoms with Gasteiger partial charge < -0.3 is 14.3 Å². The smallest absolute Gasteiger partial charge is 0.253 e. The number of amides is 1. The molecular weight excluding hydrogens is 302 g/mol. The van der Waals surface area contributed by atoms with Gasteiger partial charge in [-0.25, -0.2) is 0 Å². The lowest BCUT2D eigenvalue weighted by Gasteiger charge is -2.54. The summed E-state index contributed by atoms with van der Waals surface area (Å²) in [5.41, 5.74) is 1.07. The topological polar surface area (TPSA) is 50.4 Å². The molecule has 0 radical (unpaired) electrons. The number of aromatic nitrogens is 1. The highest BCUT2D eigenvalue weighted by Gasteiger charge is 2.48. The number of carbonyl (C=O) groups is 1. The monoisotopic (exact) mass is 327 g/mol. The summed E-state index contributed by atoms with van der Waals surface area (Å²) in [5, 5.41) is 3.28. The van der Waals surface area contributed by atoms with Gasteiger partial charge in [0.25, 0.3) is 5.91 Å². The molecule has 2 aliphatic rings. The summed E-state index contributed by atoms with van der Waals surface area (Å²) in [6, 6.07) is 6.20. The van der Waals surface area contributed by atoms with Crippen LogP contribution in [0.4, 0.5) is 0 Å². The lowest BCUT2D eigenvalue weighted by atomic mass is 9.59. The van der Waals surface area contributed by atoms with Crippen LogP contribution in [-0.2, 0) is 13.6 Å². The minimum atomic E-state index is 0.0673. The molecule has 0 aromatic carbocycles. The van der Waals surface area contributed by atoms with Crippen molar-refractivity contribution >= 4 is 5.91 Å². The van der Waals surface area contributed by atoms with Gasteiger partial charge in [0.2, 0.25) is 0 Å². The highest BCUT2D eigenvalue weighted by atomic mass is 16.3. The van der Waals surface area contributed by atoms with Crippen LogP contribution in [0.2, 0.25) is 0 Å². The Morgan fingerprint density at radius 1 is 1.33 bits per heavy atom. The van der Waals surface area contributed by atoms with E-state index in [0.717, 1.165) is 50.2 Å². The maximum Gasteiger partial charge on any atom is 0.253 e. The Hall–Kier alpha value is -2.01. The lowest BCUT2D eigenvalue weighted by Crippen LogP contribution is -2.59. The maximum atomic E-state index is 12.4. The molecule has 1 atom stereocenters. The van der Waals surface area contributed by atoms with Gasteiger partial charge >= 0.3 is 0 Å². The van der Waals surface area contributed by atoms with Crippen LogP contribution in [0.15, 0.2) is 41.3 Å². The molecular formula is C19H25N3O2. The standard InChI is InChI=1S/C19H25N3O2/c1-21-9-5-15(13-21)18(23)20-17-4-6-19(17)7-10-22(11-8-19)14-16-3-2-12-24-16/h2-3,5,9,12-13,17H,4,6-8,10-11,14H2,1H3,(H,20,23)/t17-/m1/s1. The van der Waals surface area contributed by atoms with Gasteiger partial charge in [-0.1, -0.05) is 0 Å². The van der Waals surface area contributed by atoms with E-state index in [1.165, 1.54) is 6.42 Å². The van der Waals surface area contributed by atoms with Crippen molar-refractivity contribution < 1.29 is 9.21 Å². The van der Waals surface area contributed by atoms with Crippen LogP contribution in [0.3, 0.4) is 0 Å². The Labute approximate surface area is 142 Å². The second-order valence-corrected chi connectivity index (χ2v) is 7.35. The van der Waals surface area contributed by atoms with Crippen LogP contribution in [0, 0.1) is 5.41 Å². The van der Waals surface area contributed by atoms with Crippen molar-refractivity contribution in [3.05, 3.63) is 48.2 Å². The Morgan fingerprint density at radius 3 is 2.75 bits per heavy atom. The average Bonchev–Trinajstić information content (AvgIpc) is 3.24. The number of nitrogens with zero attached hydrogens (tertiary/aromatic N) is 2. The fraction of sp³-hybridized carbons (Fsp3) is 0.526. The fourth-order valence-electron chi connectivity index (χ4n) is 4.18. The van der Waals surface area contributed by atoms with Gasteiger partial charge in [0.05, 0.1) is 18.4 Å². The summed E-state index contributed by atoms with van der Waals surface area (Å²) in [4.78, 5) is 14.9. The number of hydrogen-bond acceptors (Lipinski definition) is 3. The first-order chi connectivity index (χ1) is 11.6. The van der Waals surface area contributed by atoms with Crippen molar-refractivity contribution in [3.8, 4) is 0 Å². The van der Waals surface area contributed by atoms with Crippen molar-refractivity contribution in [2.45, 2.75) is 38.3 Å². The minimum Gasteiger partial charge on any atom is -0.468 e. The Morgan fingerprint density at radius 2 is 2.17 bits per heavy atom. The van der Waals surface area contributed by atoms with Crippen LogP contribution in [-0.4, -0.2) is 34.5 Å². The van der Waals surface area contributed by atoms with E-state index in [2.05, 4.69) is 10.2 Å².